The third kappa shape index (κ3) is 3.08. The number of likely N-dealkylation sites (tertiary alicyclic amines) is 2. The summed E-state index contributed by atoms with van der Waals surface area (Å²) in [5.74, 6) is 1.98. The highest BCUT2D eigenvalue weighted by Gasteiger charge is 2.48. The molecule has 7 heteroatoms. The summed E-state index contributed by atoms with van der Waals surface area (Å²) < 4.78 is 10.6. The second-order valence-electron chi connectivity index (χ2n) is 7.13. The quantitative estimate of drug-likeness (QED) is 0.830. The largest absolute Gasteiger partial charge is 0.461 e. The van der Waals surface area contributed by atoms with Crippen LogP contribution < -0.4 is 0 Å². The Morgan fingerprint density at radius 2 is 2.24 bits per heavy atom. The predicted molar refractivity (Wildman–Crippen MR) is 90.4 cm³/mol. The number of carbonyl (C=O) groups is 1. The first-order valence-corrected chi connectivity index (χ1v) is 9.08. The summed E-state index contributed by atoms with van der Waals surface area (Å²) in [6, 6.07) is 3.61. The van der Waals surface area contributed by atoms with Crippen molar-refractivity contribution in [2.24, 2.45) is 5.41 Å². The zero-order chi connectivity index (χ0) is 17.3. The van der Waals surface area contributed by atoms with Crippen LogP contribution >= 0.6 is 0 Å². The molecule has 4 rings (SSSR count). The second kappa shape index (κ2) is 6.63. The maximum Gasteiger partial charge on any atom is 0.241 e. The highest BCUT2D eigenvalue weighted by molar-refractivity contribution is 5.84. The zero-order valence-electron chi connectivity index (χ0n) is 14.6. The number of hydrogen-bond donors (Lipinski definition) is 0. The standard InChI is InChI=1S/C18H24N4O3/c1-2-8-22-9-4-6-18(17(22)23)7-10-21(13-18)12-15-19-16(20-25-15)14-5-3-11-24-14/h3,5,11H,2,4,6-10,12-13H2,1H3/t18-/m0/s1. The lowest BCUT2D eigenvalue weighted by atomic mass is 9.78. The SMILES string of the molecule is CCCN1CCC[C@@]2(CCN(Cc3nc(-c4ccco4)no3)C2)C1=O. The molecule has 2 aliphatic heterocycles. The molecular formula is C18H24N4O3. The molecule has 2 aromatic heterocycles. The van der Waals surface area contributed by atoms with E-state index in [1.54, 1.807) is 12.3 Å². The molecule has 4 heterocycles. The van der Waals surface area contributed by atoms with Gasteiger partial charge in [0.1, 0.15) is 0 Å². The van der Waals surface area contributed by atoms with E-state index in [-0.39, 0.29) is 5.41 Å². The van der Waals surface area contributed by atoms with Gasteiger partial charge in [-0.3, -0.25) is 9.69 Å². The van der Waals surface area contributed by atoms with Crippen molar-refractivity contribution < 1.29 is 13.7 Å². The Balaban J connectivity index is 1.42. The number of carbonyl (C=O) groups excluding carboxylic acids is 1. The van der Waals surface area contributed by atoms with Crippen molar-refractivity contribution in [3.8, 4) is 11.6 Å². The van der Waals surface area contributed by atoms with Crippen LogP contribution in [0.5, 0.6) is 0 Å². The maximum atomic E-state index is 12.9. The van der Waals surface area contributed by atoms with Crippen LogP contribution in [0.25, 0.3) is 11.6 Å². The van der Waals surface area contributed by atoms with Crippen LogP contribution in [0.1, 0.15) is 38.5 Å². The average molecular weight is 344 g/mol. The maximum absolute atomic E-state index is 12.9. The molecule has 25 heavy (non-hydrogen) atoms. The highest BCUT2D eigenvalue weighted by atomic mass is 16.5. The summed E-state index contributed by atoms with van der Waals surface area (Å²) in [5, 5.41) is 3.97. The van der Waals surface area contributed by atoms with Gasteiger partial charge in [0, 0.05) is 19.6 Å². The molecule has 1 amide bonds. The van der Waals surface area contributed by atoms with E-state index in [2.05, 4.69) is 26.9 Å². The minimum atomic E-state index is -0.211. The van der Waals surface area contributed by atoms with Crippen molar-refractivity contribution in [3.63, 3.8) is 0 Å². The lowest BCUT2D eigenvalue weighted by Crippen LogP contribution is -2.50. The second-order valence-corrected chi connectivity index (χ2v) is 7.13. The van der Waals surface area contributed by atoms with E-state index in [0.29, 0.717) is 29.9 Å². The molecule has 1 atom stereocenters. The van der Waals surface area contributed by atoms with Gasteiger partial charge in [-0.2, -0.15) is 4.98 Å². The monoisotopic (exact) mass is 344 g/mol. The van der Waals surface area contributed by atoms with Gasteiger partial charge in [0.25, 0.3) is 0 Å². The van der Waals surface area contributed by atoms with Crippen LogP contribution in [-0.4, -0.2) is 52.0 Å². The minimum Gasteiger partial charge on any atom is -0.461 e. The van der Waals surface area contributed by atoms with Crippen molar-refractivity contribution in [2.45, 2.75) is 39.2 Å². The molecule has 2 fully saturated rings. The fourth-order valence-corrected chi connectivity index (χ4v) is 4.12. The van der Waals surface area contributed by atoms with Crippen LogP contribution in [0, 0.1) is 5.41 Å². The number of nitrogens with zero attached hydrogens (tertiary/aromatic N) is 4. The Labute approximate surface area is 147 Å². The number of aromatic nitrogens is 2. The molecule has 2 aromatic rings. The normalized spacial score (nSPS) is 24.5. The molecule has 0 saturated carbocycles. The summed E-state index contributed by atoms with van der Waals surface area (Å²) >= 11 is 0. The van der Waals surface area contributed by atoms with Gasteiger partial charge in [-0.15, -0.1) is 0 Å². The van der Waals surface area contributed by atoms with Crippen LogP contribution in [-0.2, 0) is 11.3 Å². The summed E-state index contributed by atoms with van der Waals surface area (Å²) in [7, 11) is 0. The molecule has 0 aliphatic carbocycles. The number of amides is 1. The first-order chi connectivity index (χ1) is 12.2. The molecule has 0 bridgehead atoms. The smallest absolute Gasteiger partial charge is 0.241 e. The highest BCUT2D eigenvalue weighted by Crippen LogP contribution is 2.40. The Hall–Kier alpha value is -2.15. The third-order valence-electron chi connectivity index (χ3n) is 5.32. The Morgan fingerprint density at radius 1 is 1.32 bits per heavy atom. The number of rotatable bonds is 5. The molecule has 2 saturated heterocycles. The van der Waals surface area contributed by atoms with Crippen LogP contribution in [0.4, 0.5) is 0 Å². The predicted octanol–water partition coefficient (Wildman–Crippen LogP) is 2.55. The van der Waals surface area contributed by atoms with Crippen molar-refractivity contribution in [3.05, 3.63) is 24.3 Å². The lowest BCUT2D eigenvalue weighted by Gasteiger charge is -2.39. The van der Waals surface area contributed by atoms with Gasteiger partial charge < -0.3 is 13.8 Å². The Morgan fingerprint density at radius 3 is 3.04 bits per heavy atom. The zero-order valence-corrected chi connectivity index (χ0v) is 14.6. The fourth-order valence-electron chi connectivity index (χ4n) is 4.12. The van der Waals surface area contributed by atoms with Gasteiger partial charge in [0.05, 0.1) is 18.2 Å². The summed E-state index contributed by atoms with van der Waals surface area (Å²) in [6.07, 6.45) is 5.62. The van der Waals surface area contributed by atoms with Gasteiger partial charge in [-0.05, 0) is 44.4 Å². The molecule has 0 N–H and O–H groups in total. The van der Waals surface area contributed by atoms with Crippen molar-refractivity contribution in [1.82, 2.24) is 19.9 Å². The Kier molecular flexibility index (Phi) is 4.33. The summed E-state index contributed by atoms with van der Waals surface area (Å²) in [5.41, 5.74) is -0.211. The van der Waals surface area contributed by atoms with E-state index in [1.165, 1.54) is 0 Å². The van der Waals surface area contributed by atoms with Crippen LogP contribution in [0.2, 0.25) is 0 Å². The van der Waals surface area contributed by atoms with Gasteiger partial charge in [-0.1, -0.05) is 12.1 Å². The van der Waals surface area contributed by atoms with Crippen molar-refractivity contribution in [2.75, 3.05) is 26.2 Å². The molecule has 1 spiro atoms. The molecule has 2 aliphatic rings. The lowest BCUT2D eigenvalue weighted by molar-refractivity contribution is -0.145. The molecule has 0 aromatic carbocycles. The van der Waals surface area contributed by atoms with E-state index in [0.717, 1.165) is 51.9 Å². The van der Waals surface area contributed by atoms with Crippen LogP contribution in [0.15, 0.2) is 27.3 Å². The fraction of sp³-hybridized carbons (Fsp3) is 0.611. The number of furan rings is 1. The topological polar surface area (TPSA) is 75.6 Å². The first-order valence-electron chi connectivity index (χ1n) is 9.08. The van der Waals surface area contributed by atoms with Gasteiger partial charge in [-0.25, -0.2) is 0 Å². The van der Waals surface area contributed by atoms with E-state index in [4.69, 9.17) is 8.94 Å². The molecule has 7 nitrogen and oxygen atoms in total. The van der Waals surface area contributed by atoms with E-state index >= 15 is 0 Å². The van der Waals surface area contributed by atoms with Gasteiger partial charge in [0.2, 0.25) is 17.6 Å². The van der Waals surface area contributed by atoms with Crippen molar-refractivity contribution in [1.29, 1.82) is 0 Å². The summed E-state index contributed by atoms with van der Waals surface area (Å²) in [6.45, 7) is 6.16. The molecule has 0 unspecified atom stereocenters. The van der Waals surface area contributed by atoms with Gasteiger partial charge >= 0.3 is 0 Å². The molecular weight excluding hydrogens is 320 g/mol. The Bertz CT molecular complexity index is 725. The van der Waals surface area contributed by atoms with E-state index in [9.17, 15) is 4.79 Å². The van der Waals surface area contributed by atoms with Gasteiger partial charge in [0.15, 0.2) is 5.76 Å². The van der Waals surface area contributed by atoms with Crippen molar-refractivity contribution >= 4 is 5.91 Å². The van der Waals surface area contributed by atoms with E-state index < -0.39 is 0 Å². The number of piperidine rings is 1. The summed E-state index contributed by atoms with van der Waals surface area (Å²) in [4.78, 5) is 21.6. The third-order valence-corrected chi connectivity index (χ3v) is 5.32. The number of hydrogen-bond acceptors (Lipinski definition) is 6. The van der Waals surface area contributed by atoms with Crippen LogP contribution in [0.3, 0.4) is 0 Å². The first kappa shape index (κ1) is 16.3. The minimum absolute atomic E-state index is 0.211. The molecule has 0 radical (unpaired) electrons. The van der Waals surface area contributed by atoms with E-state index in [1.807, 2.05) is 6.07 Å². The molecule has 134 valence electrons. The average Bonchev–Trinajstić information content (AvgIpc) is 3.34.